The molecular formula is C24H26N2O4S. The standard InChI is InChI=1S/C24H26N2O4S/c1-5-30-22-9-7-6-8-21(22)25-24(27)19-12-11-17(3)23(15-19)31(28,29)26-20-13-10-16(2)14-18(20)4/h6-15,26H,5H2,1-4H3,(H,25,27). The fraction of sp³-hybridized carbons (Fsp3) is 0.208. The van der Waals surface area contributed by atoms with Gasteiger partial charge in [0, 0.05) is 5.56 Å². The highest BCUT2D eigenvalue weighted by Crippen LogP contribution is 2.26. The molecule has 2 N–H and O–H groups in total. The van der Waals surface area contributed by atoms with Gasteiger partial charge in [0.25, 0.3) is 15.9 Å². The summed E-state index contributed by atoms with van der Waals surface area (Å²) in [6.07, 6.45) is 0. The molecule has 3 aromatic carbocycles. The summed E-state index contributed by atoms with van der Waals surface area (Å²) >= 11 is 0. The van der Waals surface area contributed by atoms with E-state index < -0.39 is 15.9 Å². The Kier molecular flexibility index (Phi) is 6.65. The number of ether oxygens (including phenoxy) is 1. The van der Waals surface area contributed by atoms with Crippen LogP contribution in [0.4, 0.5) is 11.4 Å². The molecule has 0 radical (unpaired) electrons. The number of hydrogen-bond acceptors (Lipinski definition) is 4. The van der Waals surface area contributed by atoms with E-state index in [1.165, 1.54) is 6.07 Å². The fourth-order valence-corrected chi connectivity index (χ4v) is 4.61. The summed E-state index contributed by atoms with van der Waals surface area (Å²) in [5, 5.41) is 2.80. The largest absolute Gasteiger partial charge is 0.492 e. The van der Waals surface area contributed by atoms with Crippen LogP contribution in [0.3, 0.4) is 0 Å². The molecule has 162 valence electrons. The van der Waals surface area contributed by atoms with Crippen LogP contribution in [0.15, 0.2) is 65.6 Å². The van der Waals surface area contributed by atoms with Crippen LogP contribution in [-0.2, 0) is 10.0 Å². The second kappa shape index (κ2) is 9.22. The molecule has 31 heavy (non-hydrogen) atoms. The molecule has 0 heterocycles. The molecule has 0 saturated heterocycles. The van der Waals surface area contributed by atoms with Gasteiger partial charge in [-0.25, -0.2) is 8.42 Å². The van der Waals surface area contributed by atoms with E-state index in [0.29, 0.717) is 29.3 Å². The van der Waals surface area contributed by atoms with Gasteiger partial charge in [-0.05, 0) is 69.2 Å². The molecule has 1 amide bonds. The van der Waals surface area contributed by atoms with Crippen molar-refractivity contribution in [3.8, 4) is 5.75 Å². The van der Waals surface area contributed by atoms with Gasteiger partial charge >= 0.3 is 0 Å². The highest BCUT2D eigenvalue weighted by Gasteiger charge is 2.20. The van der Waals surface area contributed by atoms with Gasteiger partial charge in [0.1, 0.15) is 5.75 Å². The summed E-state index contributed by atoms with van der Waals surface area (Å²) in [4.78, 5) is 12.9. The van der Waals surface area contributed by atoms with Gasteiger partial charge in [0.15, 0.2) is 0 Å². The normalized spacial score (nSPS) is 11.1. The maximum absolute atomic E-state index is 13.1. The van der Waals surface area contributed by atoms with Gasteiger partial charge < -0.3 is 10.1 Å². The second-order valence-electron chi connectivity index (χ2n) is 7.29. The third kappa shape index (κ3) is 5.24. The third-order valence-corrected chi connectivity index (χ3v) is 6.31. The number of carbonyl (C=O) groups is 1. The number of amides is 1. The summed E-state index contributed by atoms with van der Waals surface area (Å²) in [6.45, 7) is 7.81. The lowest BCUT2D eigenvalue weighted by molar-refractivity contribution is 0.102. The number of nitrogens with one attached hydrogen (secondary N) is 2. The number of carbonyl (C=O) groups excluding carboxylic acids is 1. The average molecular weight is 439 g/mol. The second-order valence-corrected chi connectivity index (χ2v) is 8.94. The van der Waals surface area contributed by atoms with E-state index in [2.05, 4.69) is 10.0 Å². The number of sulfonamides is 1. The van der Waals surface area contributed by atoms with E-state index in [1.54, 1.807) is 43.3 Å². The maximum Gasteiger partial charge on any atom is 0.262 e. The number of para-hydroxylation sites is 2. The number of aryl methyl sites for hydroxylation is 3. The van der Waals surface area contributed by atoms with Crippen LogP contribution in [0.2, 0.25) is 0 Å². The molecule has 0 aliphatic rings. The Labute approximate surface area is 183 Å². The lowest BCUT2D eigenvalue weighted by Gasteiger charge is -2.15. The average Bonchev–Trinajstić information content (AvgIpc) is 2.72. The van der Waals surface area contributed by atoms with Gasteiger partial charge in [-0.3, -0.25) is 9.52 Å². The maximum atomic E-state index is 13.1. The van der Waals surface area contributed by atoms with Gasteiger partial charge in [-0.2, -0.15) is 0 Å². The minimum Gasteiger partial charge on any atom is -0.492 e. The SMILES string of the molecule is CCOc1ccccc1NC(=O)c1ccc(C)c(S(=O)(=O)Nc2ccc(C)cc2C)c1. The number of hydrogen-bond donors (Lipinski definition) is 2. The van der Waals surface area contributed by atoms with Crippen LogP contribution in [0.25, 0.3) is 0 Å². The van der Waals surface area contributed by atoms with Crippen LogP contribution in [0.1, 0.15) is 34.0 Å². The summed E-state index contributed by atoms with van der Waals surface area (Å²) < 4.78 is 34.3. The molecular weight excluding hydrogens is 412 g/mol. The topological polar surface area (TPSA) is 84.5 Å². The predicted molar refractivity (Wildman–Crippen MR) is 123 cm³/mol. The summed E-state index contributed by atoms with van der Waals surface area (Å²) in [6, 6.07) is 17.2. The van der Waals surface area contributed by atoms with Crippen molar-refractivity contribution in [1.82, 2.24) is 0 Å². The zero-order chi connectivity index (χ0) is 22.6. The monoisotopic (exact) mass is 438 g/mol. The highest BCUT2D eigenvalue weighted by atomic mass is 32.2. The third-order valence-electron chi connectivity index (χ3n) is 4.80. The van der Waals surface area contributed by atoms with E-state index in [9.17, 15) is 13.2 Å². The van der Waals surface area contributed by atoms with Crippen molar-refractivity contribution in [3.63, 3.8) is 0 Å². The zero-order valence-electron chi connectivity index (χ0n) is 18.0. The first-order chi connectivity index (χ1) is 14.7. The number of anilines is 2. The molecule has 3 aromatic rings. The van der Waals surface area contributed by atoms with Gasteiger partial charge in [-0.1, -0.05) is 35.9 Å². The van der Waals surface area contributed by atoms with Crippen LogP contribution >= 0.6 is 0 Å². The van der Waals surface area contributed by atoms with E-state index in [0.717, 1.165) is 11.1 Å². The quantitative estimate of drug-likeness (QED) is 0.540. The van der Waals surface area contributed by atoms with E-state index >= 15 is 0 Å². The Hall–Kier alpha value is -3.32. The molecule has 0 spiro atoms. The molecule has 0 aromatic heterocycles. The first-order valence-electron chi connectivity index (χ1n) is 9.95. The smallest absolute Gasteiger partial charge is 0.262 e. The first-order valence-corrected chi connectivity index (χ1v) is 11.4. The molecule has 0 fully saturated rings. The van der Waals surface area contributed by atoms with Crippen LogP contribution < -0.4 is 14.8 Å². The molecule has 7 heteroatoms. The van der Waals surface area contributed by atoms with E-state index in [1.807, 2.05) is 39.0 Å². The lowest BCUT2D eigenvalue weighted by atomic mass is 10.1. The van der Waals surface area contributed by atoms with Crippen molar-refractivity contribution >= 4 is 27.3 Å². The predicted octanol–water partition coefficient (Wildman–Crippen LogP) is 5.06. The molecule has 3 rings (SSSR count). The van der Waals surface area contributed by atoms with Crippen molar-refractivity contribution in [1.29, 1.82) is 0 Å². The Morgan fingerprint density at radius 3 is 2.35 bits per heavy atom. The van der Waals surface area contributed by atoms with Crippen molar-refractivity contribution in [3.05, 3.63) is 82.9 Å². The first kappa shape index (κ1) is 22.4. The molecule has 0 aliphatic carbocycles. The summed E-state index contributed by atoms with van der Waals surface area (Å²) in [5.41, 5.74) is 3.67. The summed E-state index contributed by atoms with van der Waals surface area (Å²) in [5.74, 6) is 0.130. The van der Waals surface area contributed by atoms with Gasteiger partial charge in [0.2, 0.25) is 0 Å². The van der Waals surface area contributed by atoms with Crippen molar-refractivity contribution in [2.24, 2.45) is 0 Å². The summed E-state index contributed by atoms with van der Waals surface area (Å²) in [7, 11) is -3.88. The number of benzene rings is 3. The molecule has 0 saturated carbocycles. The lowest BCUT2D eigenvalue weighted by Crippen LogP contribution is -2.18. The van der Waals surface area contributed by atoms with Crippen molar-refractivity contribution in [2.75, 3.05) is 16.6 Å². The minimum atomic E-state index is -3.88. The van der Waals surface area contributed by atoms with E-state index in [4.69, 9.17) is 4.74 Å². The Morgan fingerprint density at radius 1 is 0.903 bits per heavy atom. The Morgan fingerprint density at radius 2 is 1.65 bits per heavy atom. The van der Waals surface area contributed by atoms with Crippen LogP contribution in [0.5, 0.6) is 5.75 Å². The van der Waals surface area contributed by atoms with E-state index in [-0.39, 0.29) is 10.5 Å². The Balaban J connectivity index is 1.90. The van der Waals surface area contributed by atoms with Gasteiger partial charge in [-0.15, -0.1) is 0 Å². The Bertz CT molecular complexity index is 1220. The van der Waals surface area contributed by atoms with Crippen molar-refractivity contribution < 1.29 is 17.9 Å². The molecule has 0 aliphatic heterocycles. The van der Waals surface area contributed by atoms with Crippen molar-refractivity contribution in [2.45, 2.75) is 32.6 Å². The number of rotatable bonds is 7. The molecule has 0 bridgehead atoms. The highest BCUT2D eigenvalue weighted by molar-refractivity contribution is 7.92. The fourth-order valence-electron chi connectivity index (χ4n) is 3.20. The molecule has 0 atom stereocenters. The van der Waals surface area contributed by atoms with Gasteiger partial charge in [0.05, 0.1) is 22.9 Å². The van der Waals surface area contributed by atoms with Crippen LogP contribution in [0, 0.1) is 20.8 Å². The minimum absolute atomic E-state index is 0.0539. The van der Waals surface area contributed by atoms with Crippen LogP contribution in [-0.4, -0.2) is 20.9 Å². The molecule has 6 nitrogen and oxygen atoms in total. The molecule has 0 unspecified atom stereocenters. The zero-order valence-corrected chi connectivity index (χ0v) is 18.8.